The molecule has 116 valence electrons. The fraction of sp³-hybridized carbons (Fsp3) is 0.500. The molecule has 2 rings (SSSR count). The highest BCUT2D eigenvalue weighted by atomic mass is 35.5. The summed E-state index contributed by atoms with van der Waals surface area (Å²) in [6, 6.07) is 4.84. The van der Waals surface area contributed by atoms with Crippen LogP contribution >= 0.6 is 12.4 Å². The van der Waals surface area contributed by atoms with Crippen LogP contribution in [-0.2, 0) is 9.53 Å². The van der Waals surface area contributed by atoms with Crippen LogP contribution in [0.15, 0.2) is 24.4 Å². The average molecular weight is 314 g/mol. The number of hydrogen-bond donors (Lipinski definition) is 1. The first-order valence-electron chi connectivity index (χ1n) is 6.59. The van der Waals surface area contributed by atoms with Crippen LogP contribution in [0.1, 0.15) is 27.2 Å². The molecule has 1 atom stereocenters. The SMILES string of the molecule is CC(C)(C)OC(=O)N[C@H]1CCN(c2ccccn2)C1=O.Cl. The number of halogens is 1. The van der Waals surface area contributed by atoms with Crippen molar-refractivity contribution in [1.29, 1.82) is 0 Å². The van der Waals surface area contributed by atoms with Crippen LogP contribution in [0.3, 0.4) is 0 Å². The Bertz CT molecular complexity index is 502. The molecule has 1 aliphatic heterocycles. The van der Waals surface area contributed by atoms with E-state index in [4.69, 9.17) is 4.74 Å². The van der Waals surface area contributed by atoms with Crippen molar-refractivity contribution in [1.82, 2.24) is 10.3 Å². The number of amides is 2. The molecule has 0 saturated carbocycles. The lowest BCUT2D eigenvalue weighted by Crippen LogP contribution is -2.43. The first-order chi connectivity index (χ1) is 9.37. The van der Waals surface area contributed by atoms with E-state index >= 15 is 0 Å². The highest BCUT2D eigenvalue weighted by molar-refractivity contribution is 6.00. The van der Waals surface area contributed by atoms with Crippen molar-refractivity contribution in [2.24, 2.45) is 0 Å². The Morgan fingerprint density at radius 1 is 1.43 bits per heavy atom. The van der Waals surface area contributed by atoms with Gasteiger partial charge in [0.15, 0.2) is 0 Å². The zero-order chi connectivity index (χ0) is 14.8. The number of nitrogens with zero attached hydrogens (tertiary/aromatic N) is 2. The first-order valence-corrected chi connectivity index (χ1v) is 6.59. The lowest BCUT2D eigenvalue weighted by molar-refractivity contribution is -0.118. The second-order valence-corrected chi connectivity index (χ2v) is 5.67. The molecular weight excluding hydrogens is 294 g/mol. The molecule has 0 spiro atoms. The summed E-state index contributed by atoms with van der Waals surface area (Å²) in [6.45, 7) is 5.88. The second kappa shape index (κ2) is 6.76. The minimum atomic E-state index is -0.577. The van der Waals surface area contributed by atoms with Gasteiger partial charge in [0.25, 0.3) is 5.91 Å². The van der Waals surface area contributed by atoms with Gasteiger partial charge in [-0.3, -0.25) is 9.69 Å². The number of carbonyl (C=O) groups is 2. The fourth-order valence-corrected chi connectivity index (χ4v) is 2.00. The summed E-state index contributed by atoms with van der Waals surface area (Å²) in [6.07, 6.45) is 1.62. The van der Waals surface area contributed by atoms with Crippen LogP contribution < -0.4 is 10.2 Å². The molecule has 1 aromatic heterocycles. The number of rotatable bonds is 2. The van der Waals surface area contributed by atoms with E-state index in [0.717, 1.165) is 0 Å². The van der Waals surface area contributed by atoms with Crippen LogP contribution in [0.4, 0.5) is 10.6 Å². The Hall–Kier alpha value is -1.82. The zero-order valence-electron chi connectivity index (χ0n) is 12.3. The Balaban J connectivity index is 0.00000220. The van der Waals surface area contributed by atoms with Gasteiger partial charge in [-0.2, -0.15) is 0 Å². The number of anilines is 1. The van der Waals surface area contributed by atoms with Gasteiger partial charge in [-0.25, -0.2) is 9.78 Å². The van der Waals surface area contributed by atoms with Crippen molar-refractivity contribution in [2.45, 2.75) is 38.8 Å². The summed E-state index contributed by atoms with van der Waals surface area (Å²) in [5.74, 6) is 0.445. The molecule has 21 heavy (non-hydrogen) atoms. The molecule has 1 saturated heterocycles. The van der Waals surface area contributed by atoms with E-state index in [2.05, 4.69) is 10.3 Å². The summed E-state index contributed by atoms with van der Waals surface area (Å²) >= 11 is 0. The summed E-state index contributed by atoms with van der Waals surface area (Å²) in [5.41, 5.74) is -0.577. The number of pyridine rings is 1. The third kappa shape index (κ3) is 4.60. The van der Waals surface area contributed by atoms with Crippen molar-refractivity contribution in [3.8, 4) is 0 Å². The standard InChI is InChI=1S/C14H19N3O3.ClH/c1-14(2,3)20-13(19)16-10-7-9-17(12(10)18)11-6-4-5-8-15-11;/h4-6,8,10H,7,9H2,1-3H3,(H,16,19);1H/t10-;/m0./s1. The minimum Gasteiger partial charge on any atom is -0.444 e. The van der Waals surface area contributed by atoms with Gasteiger partial charge in [-0.05, 0) is 39.3 Å². The van der Waals surface area contributed by atoms with Gasteiger partial charge in [0, 0.05) is 12.7 Å². The van der Waals surface area contributed by atoms with Crippen molar-refractivity contribution < 1.29 is 14.3 Å². The number of carbonyl (C=O) groups excluding carboxylic acids is 2. The van der Waals surface area contributed by atoms with Crippen molar-refractivity contribution in [2.75, 3.05) is 11.4 Å². The van der Waals surface area contributed by atoms with Crippen molar-refractivity contribution >= 4 is 30.2 Å². The Kier molecular flexibility index (Phi) is 5.54. The predicted octanol–water partition coefficient (Wildman–Crippen LogP) is 2.13. The molecule has 7 heteroatoms. The monoisotopic (exact) mass is 313 g/mol. The van der Waals surface area contributed by atoms with Gasteiger partial charge in [-0.1, -0.05) is 6.07 Å². The van der Waals surface area contributed by atoms with E-state index in [9.17, 15) is 9.59 Å². The zero-order valence-corrected chi connectivity index (χ0v) is 13.1. The van der Waals surface area contributed by atoms with Gasteiger partial charge < -0.3 is 10.1 Å². The molecule has 1 aliphatic rings. The van der Waals surface area contributed by atoms with E-state index in [0.29, 0.717) is 18.8 Å². The summed E-state index contributed by atoms with van der Waals surface area (Å²) in [7, 11) is 0. The Morgan fingerprint density at radius 2 is 2.14 bits per heavy atom. The molecule has 0 unspecified atom stereocenters. The van der Waals surface area contributed by atoms with Gasteiger partial charge in [-0.15, -0.1) is 12.4 Å². The first kappa shape index (κ1) is 17.2. The number of alkyl carbamates (subject to hydrolysis) is 1. The van der Waals surface area contributed by atoms with Crippen LogP contribution in [0.2, 0.25) is 0 Å². The van der Waals surface area contributed by atoms with Crippen molar-refractivity contribution in [3.63, 3.8) is 0 Å². The lowest BCUT2D eigenvalue weighted by Gasteiger charge is -2.21. The fourth-order valence-electron chi connectivity index (χ4n) is 2.00. The predicted molar refractivity (Wildman–Crippen MR) is 81.6 cm³/mol. The summed E-state index contributed by atoms with van der Waals surface area (Å²) in [4.78, 5) is 29.6. The highest BCUT2D eigenvalue weighted by Gasteiger charge is 2.35. The molecule has 6 nitrogen and oxygen atoms in total. The molecule has 1 N–H and O–H groups in total. The maximum atomic E-state index is 12.2. The third-order valence-corrected chi connectivity index (χ3v) is 2.82. The molecule has 0 aliphatic carbocycles. The normalized spacial score (nSPS) is 18.1. The lowest BCUT2D eigenvalue weighted by atomic mass is 10.2. The molecule has 2 heterocycles. The molecular formula is C14H20ClN3O3. The summed E-state index contributed by atoms with van der Waals surface area (Å²) < 4.78 is 5.15. The van der Waals surface area contributed by atoms with E-state index < -0.39 is 17.7 Å². The third-order valence-electron chi connectivity index (χ3n) is 2.82. The topological polar surface area (TPSA) is 71.5 Å². The van der Waals surface area contributed by atoms with Crippen LogP contribution in [0.5, 0.6) is 0 Å². The Morgan fingerprint density at radius 3 is 2.71 bits per heavy atom. The van der Waals surface area contributed by atoms with E-state index in [-0.39, 0.29) is 18.3 Å². The maximum absolute atomic E-state index is 12.2. The van der Waals surface area contributed by atoms with Gasteiger partial charge in [0.1, 0.15) is 17.5 Å². The number of nitrogens with one attached hydrogen (secondary N) is 1. The van der Waals surface area contributed by atoms with Gasteiger partial charge in [0.05, 0.1) is 0 Å². The van der Waals surface area contributed by atoms with Crippen LogP contribution in [0, 0.1) is 0 Å². The van der Waals surface area contributed by atoms with E-state index in [1.807, 2.05) is 6.07 Å². The number of aromatic nitrogens is 1. The second-order valence-electron chi connectivity index (χ2n) is 5.67. The summed E-state index contributed by atoms with van der Waals surface area (Å²) in [5, 5.41) is 2.60. The minimum absolute atomic E-state index is 0. The molecule has 1 fully saturated rings. The Labute approximate surface area is 130 Å². The molecule has 0 aromatic carbocycles. The quantitative estimate of drug-likeness (QED) is 0.908. The number of hydrogen-bond acceptors (Lipinski definition) is 4. The molecule has 0 radical (unpaired) electrons. The average Bonchev–Trinajstić information content (AvgIpc) is 2.70. The molecule has 2 amide bonds. The number of ether oxygens (including phenoxy) is 1. The maximum Gasteiger partial charge on any atom is 0.408 e. The van der Waals surface area contributed by atoms with E-state index in [1.54, 1.807) is 44.0 Å². The molecule has 0 bridgehead atoms. The largest absolute Gasteiger partial charge is 0.444 e. The van der Waals surface area contributed by atoms with Gasteiger partial charge in [0.2, 0.25) is 0 Å². The van der Waals surface area contributed by atoms with Crippen LogP contribution in [0.25, 0.3) is 0 Å². The highest BCUT2D eigenvalue weighted by Crippen LogP contribution is 2.19. The molecule has 1 aromatic rings. The van der Waals surface area contributed by atoms with Crippen molar-refractivity contribution in [3.05, 3.63) is 24.4 Å². The van der Waals surface area contributed by atoms with E-state index in [1.165, 1.54) is 0 Å². The van der Waals surface area contributed by atoms with Crippen LogP contribution in [-0.4, -0.2) is 35.2 Å². The smallest absolute Gasteiger partial charge is 0.408 e. The van der Waals surface area contributed by atoms with Gasteiger partial charge >= 0.3 is 6.09 Å².